The molecule has 0 aliphatic carbocycles. The molecule has 5 N–H and O–H groups in total. The van der Waals surface area contributed by atoms with Crippen LogP contribution in [0.2, 0.25) is 5.02 Å². The molecule has 136 valence electrons. The number of para-hydroxylation sites is 1. The molecule has 0 bridgehead atoms. The van der Waals surface area contributed by atoms with Crippen molar-refractivity contribution in [2.24, 2.45) is 5.73 Å². The maximum Gasteiger partial charge on any atom is 0.326 e. The Morgan fingerprint density at radius 2 is 1.70 bits per heavy atom. The smallest absolute Gasteiger partial charge is 0.326 e. The lowest BCUT2D eigenvalue weighted by molar-refractivity contribution is 0.0965. The molecule has 0 aromatic heterocycles. The average Bonchev–Trinajstić information content (AvgIpc) is 2.62. The number of halogens is 1. The molecule has 0 saturated carbocycles. The average molecular weight is 384 g/mol. The highest BCUT2D eigenvalue weighted by atomic mass is 35.5. The first-order valence-corrected chi connectivity index (χ1v) is 8.16. The van der Waals surface area contributed by atoms with Crippen molar-refractivity contribution in [3.8, 4) is 5.75 Å². The van der Waals surface area contributed by atoms with E-state index in [4.69, 9.17) is 17.3 Å². The number of rotatable bonds is 3. The van der Waals surface area contributed by atoms with Gasteiger partial charge in [0.25, 0.3) is 11.8 Å². The third kappa shape index (κ3) is 3.99. The lowest BCUT2D eigenvalue weighted by Crippen LogP contribution is -2.34. The molecule has 0 spiro atoms. The van der Waals surface area contributed by atoms with Crippen molar-refractivity contribution in [3.63, 3.8) is 0 Å². The number of phenols is 1. The minimum Gasteiger partial charge on any atom is -0.507 e. The summed E-state index contributed by atoms with van der Waals surface area (Å²) in [6.45, 7) is 0. The standard InChI is InChI=1S/C19H14ClN3O4/c20-14-3-1-2-4-15(14)22-19(27)23-18(26)11-6-5-10-9-16(24)13(17(21)25)8-12(10)7-11/h1-9,24H,(H2,21,25)(H2,22,23,26,27). The van der Waals surface area contributed by atoms with Gasteiger partial charge in [-0.05, 0) is 47.2 Å². The van der Waals surface area contributed by atoms with Crippen LogP contribution in [0.4, 0.5) is 10.5 Å². The third-order valence-corrected chi connectivity index (χ3v) is 4.16. The van der Waals surface area contributed by atoms with Crippen LogP contribution in [-0.4, -0.2) is 23.0 Å². The molecule has 0 radical (unpaired) electrons. The van der Waals surface area contributed by atoms with Crippen molar-refractivity contribution in [1.29, 1.82) is 0 Å². The first kappa shape index (κ1) is 18.2. The highest BCUT2D eigenvalue weighted by molar-refractivity contribution is 6.33. The van der Waals surface area contributed by atoms with E-state index in [0.717, 1.165) is 0 Å². The fourth-order valence-electron chi connectivity index (χ4n) is 2.52. The third-order valence-electron chi connectivity index (χ3n) is 3.83. The Bertz CT molecular complexity index is 1080. The summed E-state index contributed by atoms with van der Waals surface area (Å²) < 4.78 is 0. The molecule has 7 nitrogen and oxygen atoms in total. The maximum absolute atomic E-state index is 12.3. The monoisotopic (exact) mass is 383 g/mol. The van der Waals surface area contributed by atoms with Crippen molar-refractivity contribution < 1.29 is 19.5 Å². The Hall–Kier alpha value is -3.58. The Morgan fingerprint density at radius 3 is 2.41 bits per heavy atom. The van der Waals surface area contributed by atoms with E-state index in [1.165, 1.54) is 24.3 Å². The second-order valence-electron chi connectivity index (χ2n) is 5.68. The first-order chi connectivity index (χ1) is 12.8. The number of fused-ring (bicyclic) bond motifs is 1. The van der Waals surface area contributed by atoms with Crippen molar-refractivity contribution in [1.82, 2.24) is 5.32 Å². The van der Waals surface area contributed by atoms with Crippen LogP contribution in [0.25, 0.3) is 10.8 Å². The molecule has 4 amide bonds. The summed E-state index contributed by atoms with van der Waals surface area (Å²) in [6.07, 6.45) is 0. The number of carbonyl (C=O) groups is 3. The summed E-state index contributed by atoms with van der Waals surface area (Å²) in [4.78, 5) is 35.7. The predicted molar refractivity (Wildman–Crippen MR) is 102 cm³/mol. The van der Waals surface area contributed by atoms with Crippen molar-refractivity contribution in [2.75, 3.05) is 5.32 Å². The molecule has 27 heavy (non-hydrogen) atoms. The molecule has 0 fully saturated rings. The Balaban J connectivity index is 1.81. The number of amides is 4. The van der Waals surface area contributed by atoms with Crippen LogP contribution in [-0.2, 0) is 0 Å². The van der Waals surface area contributed by atoms with E-state index in [1.54, 1.807) is 30.3 Å². The Kier molecular flexibility index (Phi) is 4.96. The fourth-order valence-corrected chi connectivity index (χ4v) is 2.70. The van der Waals surface area contributed by atoms with Gasteiger partial charge in [-0.2, -0.15) is 0 Å². The van der Waals surface area contributed by atoms with E-state index in [1.807, 2.05) is 0 Å². The molecule has 3 aromatic carbocycles. The number of urea groups is 1. The van der Waals surface area contributed by atoms with Crippen LogP contribution in [0.3, 0.4) is 0 Å². The zero-order valence-electron chi connectivity index (χ0n) is 13.8. The molecule has 0 saturated heterocycles. The summed E-state index contributed by atoms with van der Waals surface area (Å²) in [5.74, 6) is -1.68. The minimum absolute atomic E-state index is 0.0588. The lowest BCUT2D eigenvalue weighted by atomic mass is 10.0. The number of nitrogens with two attached hydrogens (primary N) is 1. The highest BCUT2D eigenvalue weighted by Gasteiger charge is 2.14. The second-order valence-corrected chi connectivity index (χ2v) is 6.09. The summed E-state index contributed by atoms with van der Waals surface area (Å²) >= 11 is 5.95. The van der Waals surface area contributed by atoms with Gasteiger partial charge >= 0.3 is 6.03 Å². The number of hydrogen-bond acceptors (Lipinski definition) is 4. The van der Waals surface area contributed by atoms with E-state index in [2.05, 4.69) is 10.6 Å². The number of aromatic hydroxyl groups is 1. The molecule has 0 aliphatic heterocycles. The van der Waals surface area contributed by atoms with E-state index in [-0.39, 0.29) is 16.9 Å². The minimum atomic E-state index is -0.789. The maximum atomic E-state index is 12.3. The Morgan fingerprint density at radius 1 is 0.963 bits per heavy atom. The quantitative estimate of drug-likeness (QED) is 0.554. The highest BCUT2D eigenvalue weighted by Crippen LogP contribution is 2.26. The number of anilines is 1. The number of imide groups is 1. The van der Waals surface area contributed by atoms with Gasteiger partial charge in [0.2, 0.25) is 0 Å². The van der Waals surface area contributed by atoms with E-state index < -0.39 is 17.8 Å². The van der Waals surface area contributed by atoms with Crippen molar-refractivity contribution in [2.45, 2.75) is 0 Å². The van der Waals surface area contributed by atoms with E-state index in [0.29, 0.717) is 21.5 Å². The van der Waals surface area contributed by atoms with Crippen LogP contribution in [0.15, 0.2) is 54.6 Å². The summed E-state index contributed by atoms with van der Waals surface area (Å²) in [7, 11) is 0. The van der Waals surface area contributed by atoms with Gasteiger partial charge in [0.05, 0.1) is 16.3 Å². The molecule has 8 heteroatoms. The number of carbonyl (C=O) groups excluding carboxylic acids is 3. The van der Waals surface area contributed by atoms with Crippen LogP contribution in [0.1, 0.15) is 20.7 Å². The van der Waals surface area contributed by atoms with Crippen LogP contribution in [0.5, 0.6) is 5.75 Å². The van der Waals surface area contributed by atoms with Gasteiger partial charge in [-0.25, -0.2) is 4.79 Å². The first-order valence-electron chi connectivity index (χ1n) is 7.78. The molecular weight excluding hydrogens is 370 g/mol. The van der Waals surface area contributed by atoms with E-state index >= 15 is 0 Å². The van der Waals surface area contributed by atoms with Gasteiger partial charge in [0, 0.05) is 5.56 Å². The predicted octanol–water partition coefficient (Wildman–Crippen LogP) is 3.26. The molecule has 0 unspecified atom stereocenters. The molecule has 0 aliphatic rings. The van der Waals surface area contributed by atoms with Gasteiger partial charge in [-0.3, -0.25) is 14.9 Å². The largest absolute Gasteiger partial charge is 0.507 e. The Labute approximate surface area is 158 Å². The molecule has 3 aromatic rings. The molecular formula is C19H14ClN3O4. The summed E-state index contributed by atoms with van der Waals surface area (Å²) in [5.41, 5.74) is 5.71. The lowest BCUT2D eigenvalue weighted by Gasteiger charge is -2.09. The normalized spacial score (nSPS) is 10.4. The number of nitrogens with one attached hydrogen (secondary N) is 2. The van der Waals surface area contributed by atoms with Gasteiger partial charge in [0.1, 0.15) is 5.75 Å². The zero-order valence-corrected chi connectivity index (χ0v) is 14.6. The van der Waals surface area contributed by atoms with Crippen LogP contribution >= 0.6 is 11.6 Å². The van der Waals surface area contributed by atoms with Crippen LogP contribution < -0.4 is 16.4 Å². The van der Waals surface area contributed by atoms with Gasteiger partial charge in [-0.15, -0.1) is 0 Å². The van der Waals surface area contributed by atoms with Gasteiger partial charge < -0.3 is 16.2 Å². The SMILES string of the molecule is NC(=O)c1cc2cc(C(=O)NC(=O)Nc3ccccc3Cl)ccc2cc1O. The van der Waals surface area contributed by atoms with Gasteiger partial charge in [0.15, 0.2) is 0 Å². The fraction of sp³-hybridized carbons (Fsp3) is 0. The topological polar surface area (TPSA) is 122 Å². The zero-order chi connectivity index (χ0) is 19.6. The molecule has 0 atom stereocenters. The summed E-state index contributed by atoms with van der Waals surface area (Å²) in [6, 6.07) is 13.2. The van der Waals surface area contributed by atoms with E-state index in [9.17, 15) is 19.5 Å². The van der Waals surface area contributed by atoms with Gasteiger partial charge in [-0.1, -0.05) is 29.8 Å². The number of hydrogen-bond donors (Lipinski definition) is 4. The number of primary amides is 1. The second kappa shape index (κ2) is 7.35. The summed E-state index contributed by atoms with van der Waals surface area (Å²) in [5, 5.41) is 15.9. The van der Waals surface area contributed by atoms with Crippen LogP contribution in [0, 0.1) is 0 Å². The van der Waals surface area contributed by atoms with Crippen molar-refractivity contribution in [3.05, 3.63) is 70.7 Å². The number of benzene rings is 3. The molecule has 3 rings (SSSR count). The molecule has 0 heterocycles. The van der Waals surface area contributed by atoms with Crippen molar-refractivity contribution >= 4 is 45.9 Å².